The van der Waals surface area contributed by atoms with Gasteiger partial charge in [-0.3, -0.25) is 0 Å². The Morgan fingerprint density at radius 2 is 1.69 bits per heavy atom. The largest absolute Gasteiger partial charge is 0.301 e. The lowest BCUT2D eigenvalue weighted by Crippen LogP contribution is -2.28. The van der Waals surface area contributed by atoms with E-state index in [-0.39, 0.29) is 14.9 Å². The second kappa shape index (κ2) is 12.0. The maximum Gasteiger partial charge on any atom is 0.00929 e. The second-order valence-corrected chi connectivity index (χ2v) is 2.83. The lowest BCUT2D eigenvalue weighted by Gasteiger charge is -2.20. The zero-order valence-electron chi connectivity index (χ0n) is 8.56. The first kappa shape index (κ1) is 18.7. The molecule has 1 aliphatic heterocycles. The Balaban J connectivity index is -0.000000234. The average molecular weight is 189 g/mol. The molecule has 1 heteroatoms. The third-order valence-corrected chi connectivity index (χ3v) is 2.38. The van der Waals surface area contributed by atoms with E-state index >= 15 is 0 Å². The molecule has 0 N–H and O–H groups in total. The van der Waals surface area contributed by atoms with Crippen molar-refractivity contribution >= 4 is 0 Å². The van der Waals surface area contributed by atoms with Crippen LogP contribution in [0.25, 0.3) is 0 Å². The van der Waals surface area contributed by atoms with Crippen molar-refractivity contribution < 1.29 is 0 Å². The van der Waals surface area contributed by atoms with Crippen molar-refractivity contribution in [3.8, 4) is 0 Å². The number of hydrogen-bond donors (Lipinski definition) is 0. The quantitative estimate of drug-likeness (QED) is 0.630. The molecular weight excluding hydrogens is 158 g/mol. The fraction of sp³-hybridized carbons (Fsp3) is 1.00. The molecule has 1 nitrogen and oxygen atoms in total. The molecule has 0 bridgehead atoms. The lowest BCUT2D eigenvalue weighted by molar-refractivity contribution is 0.262. The summed E-state index contributed by atoms with van der Waals surface area (Å²) in [5.41, 5.74) is 0. The second-order valence-electron chi connectivity index (χ2n) is 2.83. The Morgan fingerprint density at radius 3 is 2.00 bits per heavy atom. The Morgan fingerprint density at radius 1 is 1.15 bits per heavy atom. The summed E-state index contributed by atoms with van der Waals surface area (Å²) < 4.78 is 0. The van der Waals surface area contributed by atoms with Crippen molar-refractivity contribution in [3.05, 3.63) is 0 Å². The van der Waals surface area contributed by atoms with Crippen LogP contribution >= 0.6 is 0 Å². The fourth-order valence-electron chi connectivity index (χ4n) is 1.77. The van der Waals surface area contributed by atoms with Gasteiger partial charge in [-0.25, -0.2) is 0 Å². The molecule has 0 aromatic carbocycles. The van der Waals surface area contributed by atoms with Gasteiger partial charge in [0.1, 0.15) is 0 Å². The van der Waals surface area contributed by atoms with Crippen LogP contribution in [0.3, 0.4) is 0 Å². The molecule has 0 aromatic heterocycles. The Labute approximate surface area is 86.5 Å². The molecule has 1 rings (SSSR count). The highest BCUT2D eigenvalue weighted by molar-refractivity contribution is 4.76. The third-order valence-electron chi connectivity index (χ3n) is 2.38. The minimum absolute atomic E-state index is 0. The molecule has 1 unspecified atom stereocenters. The summed E-state index contributed by atoms with van der Waals surface area (Å²) in [6, 6.07) is 0.912. The van der Waals surface area contributed by atoms with Gasteiger partial charge in [0.05, 0.1) is 0 Å². The van der Waals surface area contributed by atoms with Gasteiger partial charge in [-0.1, -0.05) is 42.5 Å². The van der Waals surface area contributed by atoms with Crippen LogP contribution in [0.15, 0.2) is 0 Å². The van der Waals surface area contributed by atoms with Gasteiger partial charge in [-0.2, -0.15) is 0 Å². The molecule has 0 aliphatic carbocycles. The minimum Gasteiger partial charge on any atom is -0.301 e. The normalized spacial score (nSPS) is 20.8. The average Bonchev–Trinajstić information content (AvgIpc) is 2.54. The molecular formula is C12H31N. The van der Waals surface area contributed by atoms with Crippen LogP contribution in [-0.2, 0) is 0 Å². The van der Waals surface area contributed by atoms with Crippen molar-refractivity contribution in [2.75, 3.05) is 13.1 Å². The molecule has 1 atom stereocenters. The molecule has 1 fully saturated rings. The minimum atomic E-state index is 0. The standard InChI is InChI=1S/C8H17N.C2H6.2CH4/c1-3-8-6-5-7-9(8)4-2;1-2;;/h8H,3-7H2,1-2H3;1-2H3;2*1H4. The smallest absolute Gasteiger partial charge is 0.00929 e. The Bertz CT molecular complexity index is 71.2. The van der Waals surface area contributed by atoms with Crippen LogP contribution in [0.1, 0.15) is 61.8 Å². The van der Waals surface area contributed by atoms with Gasteiger partial charge in [0.2, 0.25) is 0 Å². The van der Waals surface area contributed by atoms with Crippen molar-refractivity contribution in [2.45, 2.75) is 67.9 Å². The molecule has 0 saturated carbocycles. The van der Waals surface area contributed by atoms with Crippen LogP contribution in [-0.4, -0.2) is 24.0 Å². The Hall–Kier alpha value is -0.0400. The van der Waals surface area contributed by atoms with Crippen molar-refractivity contribution in [3.63, 3.8) is 0 Å². The van der Waals surface area contributed by atoms with Crippen LogP contribution in [0.2, 0.25) is 0 Å². The van der Waals surface area contributed by atoms with Crippen LogP contribution in [0.5, 0.6) is 0 Å². The van der Waals surface area contributed by atoms with E-state index in [1.807, 2.05) is 13.8 Å². The molecule has 0 amide bonds. The van der Waals surface area contributed by atoms with Gasteiger partial charge in [0, 0.05) is 6.04 Å². The van der Waals surface area contributed by atoms with Gasteiger partial charge in [0.15, 0.2) is 0 Å². The number of rotatable bonds is 2. The molecule has 1 aliphatic rings. The van der Waals surface area contributed by atoms with Gasteiger partial charge >= 0.3 is 0 Å². The maximum atomic E-state index is 2.58. The molecule has 84 valence electrons. The predicted octanol–water partition coefficient (Wildman–Crippen LogP) is 4.18. The zero-order valence-corrected chi connectivity index (χ0v) is 8.56. The zero-order chi connectivity index (χ0) is 8.69. The first-order valence-electron chi connectivity index (χ1n) is 5.12. The van der Waals surface area contributed by atoms with Crippen molar-refractivity contribution in [2.24, 2.45) is 0 Å². The summed E-state index contributed by atoms with van der Waals surface area (Å²) in [7, 11) is 0. The summed E-state index contributed by atoms with van der Waals surface area (Å²) in [5.74, 6) is 0. The number of likely N-dealkylation sites (tertiary alicyclic amines) is 1. The highest BCUT2D eigenvalue weighted by atomic mass is 15.2. The SMILES string of the molecule is C.C.CC.CCC1CCCN1CC. The van der Waals surface area contributed by atoms with E-state index in [2.05, 4.69) is 18.7 Å². The summed E-state index contributed by atoms with van der Waals surface area (Å²) in [4.78, 5) is 2.58. The summed E-state index contributed by atoms with van der Waals surface area (Å²) in [6.07, 6.45) is 4.20. The van der Waals surface area contributed by atoms with Crippen LogP contribution in [0, 0.1) is 0 Å². The van der Waals surface area contributed by atoms with Gasteiger partial charge in [-0.15, -0.1) is 0 Å². The van der Waals surface area contributed by atoms with Crippen LogP contribution < -0.4 is 0 Å². The molecule has 0 aromatic rings. The van der Waals surface area contributed by atoms with Gasteiger partial charge < -0.3 is 4.90 Å². The highest BCUT2D eigenvalue weighted by Gasteiger charge is 2.20. The van der Waals surface area contributed by atoms with E-state index < -0.39 is 0 Å². The molecule has 1 heterocycles. The molecule has 1 saturated heterocycles. The summed E-state index contributed by atoms with van der Waals surface area (Å²) in [5, 5.41) is 0. The van der Waals surface area contributed by atoms with E-state index in [9.17, 15) is 0 Å². The van der Waals surface area contributed by atoms with E-state index in [0.717, 1.165) is 6.04 Å². The molecule has 0 spiro atoms. The van der Waals surface area contributed by atoms with Crippen molar-refractivity contribution in [1.82, 2.24) is 4.90 Å². The maximum absolute atomic E-state index is 2.58. The van der Waals surface area contributed by atoms with Crippen LogP contribution in [0.4, 0.5) is 0 Å². The number of hydrogen-bond acceptors (Lipinski definition) is 1. The first-order valence-corrected chi connectivity index (χ1v) is 5.12. The van der Waals surface area contributed by atoms with E-state index in [1.54, 1.807) is 0 Å². The highest BCUT2D eigenvalue weighted by Crippen LogP contribution is 2.18. The number of nitrogens with zero attached hydrogens (tertiary/aromatic N) is 1. The van der Waals surface area contributed by atoms with Gasteiger partial charge in [0.25, 0.3) is 0 Å². The van der Waals surface area contributed by atoms with E-state index in [1.165, 1.54) is 32.4 Å². The summed E-state index contributed by atoms with van der Waals surface area (Å²) >= 11 is 0. The van der Waals surface area contributed by atoms with E-state index in [4.69, 9.17) is 0 Å². The fourth-order valence-corrected chi connectivity index (χ4v) is 1.77. The molecule has 0 radical (unpaired) electrons. The van der Waals surface area contributed by atoms with Gasteiger partial charge in [-0.05, 0) is 32.4 Å². The lowest BCUT2D eigenvalue weighted by atomic mass is 10.2. The molecule has 13 heavy (non-hydrogen) atoms. The monoisotopic (exact) mass is 189 g/mol. The van der Waals surface area contributed by atoms with E-state index in [0.29, 0.717) is 0 Å². The predicted molar refractivity (Wildman–Crippen MR) is 65.4 cm³/mol. The van der Waals surface area contributed by atoms with Crippen molar-refractivity contribution in [1.29, 1.82) is 0 Å². The summed E-state index contributed by atoms with van der Waals surface area (Å²) in [6.45, 7) is 11.1. The topological polar surface area (TPSA) is 3.24 Å². The first-order chi connectivity index (χ1) is 5.38. The Kier molecular flexibility index (Phi) is 17.2. The third kappa shape index (κ3) is 6.09.